The first kappa shape index (κ1) is 15.1. The zero-order chi connectivity index (χ0) is 16.8. The van der Waals surface area contributed by atoms with E-state index in [2.05, 4.69) is 11.1 Å². The van der Waals surface area contributed by atoms with Crippen LogP contribution in [0.5, 0.6) is 0 Å². The molecule has 2 aromatic heterocycles. The monoisotopic (exact) mass is 340 g/mol. The van der Waals surface area contributed by atoms with Gasteiger partial charge >= 0.3 is 0 Å². The Morgan fingerprint density at radius 2 is 1.96 bits per heavy atom. The minimum Gasteiger partial charge on any atom is -0.378 e. The maximum atomic E-state index is 13.0. The summed E-state index contributed by atoms with van der Waals surface area (Å²) in [5.74, 6) is 0.479. The van der Waals surface area contributed by atoms with E-state index >= 15 is 0 Å². The number of nitrogens with zero attached hydrogens (tertiary/aromatic N) is 4. The van der Waals surface area contributed by atoms with Gasteiger partial charge < -0.3 is 9.64 Å². The highest BCUT2D eigenvalue weighted by molar-refractivity contribution is 7.23. The van der Waals surface area contributed by atoms with E-state index in [1.807, 2.05) is 30.9 Å². The highest BCUT2D eigenvalue weighted by Gasteiger charge is 2.23. The molecule has 0 amide bonds. The Hall–Kier alpha value is -2.43. The Morgan fingerprint density at radius 1 is 1.25 bits per heavy atom. The average Bonchev–Trinajstić information content (AvgIpc) is 3.00. The molecule has 0 saturated carbocycles. The van der Waals surface area contributed by atoms with Crippen molar-refractivity contribution >= 4 is 32.3 Å². The van der Waals surface area contributed by atoms with Gasteiger partial charge in [0, 0.05) is 13.1 Å². The van der Waals surface area contributed by atoms with Crippen LogP contribution < -0.4 is 10.5 Å². The van der Waals surface area contributed by atoms with Crippen molar-refractivity contribution < 1.29 is 4.74 Å². The molecule has 1 fully saturated rings. The summed E-state index contributed by atoms with van der Waals surface area (Å²) in [6, 6.07) is 6.11. The normalized spacial score (nSPS) is 15.1. The number of benzene rings is 1. The summed E-state index contributed by atoms with van der Waals surface area (Å²) >= 11 is 1.50. The third-order valence-corrected chi connectivity index (χ3v) is 5.58. The van der Waals surface area contributed by atoms with E-state index in [-0.39, 0.29) is 11.1 Å². The van der Waals surface area contributed by atoms with Gasteiger partial charge in [-0.2, -0.15) is 5.26 Å². The number of rotatable bonds is 1. The van der Waals surface area contributed by atoms with Crippen LogP contribution in [0.25, 0.3) is 15.2 Å². The van der Waals surface area contributed by atoms with Crippen LogP contribution in [0.3, 0.4) is 0 Å². The SMILES string of the molecule is Cc1ccc(C)c2c1sc1nc(N3CCOCC3)c(C#N)c(=O)n12. The maximum Gasteiger partial charge on any atom is 0.279 e. The molecule has 7 heteroatoms. The lowest BCUT2D eigenvalue weighted by atomic mass is 10.1. The first-order valence-electron chi connectivity index (χ1n) is 7.80. The zero-order valence-corrected chi connectivity index (χ0v) is 14.3. The minimum absolute atomic E-state index is 0.106. The minimum atomic E-state index is -0.288. The van der Waals surface area contributed by atoms with Crippen molar-refractivity contribution in [2.75, 3.05) is 31.2 Å². The van der Waals surface area contributed by atoms with Gasteiger partial charge in [0.05, 0.1) is 23.4 Å². The van der Waals surface area contributed by atoms with Crippen LogP contribution in [0.2, 0.25) is 0 Å². The third kappa shape index (κ3) is 2.11. The lowest BCUT2D eigenvalue weighted by molar-refractivity contribution is 0.122. The van der Waals surface area contributed by atoms with E-state index in [1.165, 1.54) is 11.3 Å². The molecule has 0 N–H and O–H groups in total. The Kier molecular flexibility index (Phi) is 3.52. The number of hydrogen-bond donors (Lipinski definition) is 0. The number of morpholine rings is 1. The molecule has 3 aromatic rings. The second-order valence-electron chi connectivity index (χ2n) is 5.92. The fraction of sp³-hybridized carbons (Fsp3) is 0.353. The predicted molar refractivity (Wildman–Crippen MR) is 94.1 cm³/mol. The topological polar surface area (TPSA) is 70.6 Å². The van der Waals surface area contributed by atoms with Crippen LogP contribution in [0.4, 0.5) is 5.82 Å². The molecule has 0 spiro atoms. The largest absolute Gasteiger partial charge is 0.378 e. The van der Waals surface area contributed by atoms with Crippen molar-refractivity contribution in [1.82, 2.24) is 9.38 Å². The van der Waals surface area contributed by atoms with Gasteiger partial charge in [-0.1, -0.05) is 23.5 Å². The summed E-state index contributed by atoms with van der Waals surface area (Å²) in [7, 11) is 0. The summed E-state index contributed by atoms with van der Waals surface area (Å²) in [4.78, 5) is 20.3. The van der Waals surface area contributed by atoms with E-state index in [1.54, 1.807) is 4.40 Å². The second kappa shape index (κ2) is 5.58. The number of nitriles is 1. The summed E-state index contributed by atoms with van der Waals surface area (Å²) in [6.45, 7) is 6.44. The maximum absolute atomic E-state index is 13.0. The first-order chi connectivity index (χ1) is 11.6. The van der Waals surface area contributed by atoms with Crippen LogP contribution >= 0.6 is 11.3 Å². The van der Waals surface area contributed by atoms with Gasteiger partial charge in [0.15, 0.2) is 16.3 Å². The van der Waals surface area contributed by atoms with E-state index in [4.69, 9.17) is 4.74 Å². The van der Waals surface area contributed by atoms with Gasteiger partial charge in [-0.3, -0.25) is 4.79 Å². The Balaban J connectivity index is 2.09. The molecule has 1 aromatic carbocycles. The fourth-order valence-electron chi connectivity index (χ4n) is 3.13. The van der Waals surface area contributed by atoms with E-state index < -0.39 is 0 Å². The van der Waals surface area contributed by atoms with Crippen LogP contribution in [-0.4, -0.2) is 35.7 Å². The number of anilines is 1. The highest BCUT2D eigenvalue weighted by atomic mass is 32.1. The van der Waals surface area contributed by atoms with Crippen molar-refractivity contribution in [2.45, 2.75) is 13.8 Å². The molecule has 4 rings (SSSR count). The Labute approximate surface area is 142 Å². The molecule has 0 bridgehead atoms. The van der Waals surface area contributed by atoms with Gasteiger partial charge in [0.1, 0.15) is 6.07 Å². The molecule has 24 heavy (non-hydrogen) atoms. The summed E-state index contributed by atoms with van der Waals surface area (Å²) < 4.78 is 7.99. The average molecular weight is 340 g/mol. The van der Waals surface area contributed by atoms with Crippen LogP contribution in [-0.2, 0) is 4.74 Å². The number of aryl methyl sites for hydroxylation is 2. The lowest BCUT2D eigenvalue weighted by Crippen LogP contribution is -2.38. The van der Waals surface area contributed by atoms with Crippen molar-refractivity contribution in [3.63, 3.8) is 0 Å². The van der Waals surface area contributed by atoms with Crippen LogP contribution in [0, 0.1) is 25.2 Å². The molecule has 122 valence electrons. The predicted octanol–water partition coefficient (Wildman–Crippen LogP) is 2.23. The standard InChI is InChI=1S/C17H16N4O2S/c1-10-3-4-11(2)14-13(10)21-16(22)12(9-18)15(19-17(21)24-14)20-5-7-23-8-6-20/h3-4H,5-8H2,1-2H3. The van der Waals surface area contributed by atoms with Gasteiger partial charge in [-0.05, 0) is 25.0 Å². The van der Waals surface area contributed by atoms with Gasteiger partial charge in [-0.25, -0.2) is 9.38 Å². The number of thiazole rings is 1. The van der Waals surface area contributed by atoms with Gasteiger partial charge in [0.2, 0.25) is 0 Å². The van der Waals surface area contributed by atoms with Crippen molar-refractivity contribution in [3.8, 4) is 6.07 Å². The molecule has 0 radical (unpaired) electrons. The van der Waals surface area contributed by atoms with E-state index in [9.17, 15) is 10.1 Å². The summed E-state index contributed by atoms with van der Waals surface area (Å²) in [5, 5.41) is 9.57. The number of hydrogen-bond acceptors (Lipinski definition) is 6. The molecular formula is C17H16N4O2S. The van der Waals surface area contributed by atoms with Crippen LogP contribution in [0.15, 0.2) is 16.9 Å². The molecule has 1 aliphatic heterocycles. The fourth-order valence-corrected chi connectivity index (χ4v) is 4.28. The molecule has 0 unspecified atom stereocenters. The molecule has 0 atom stereocenters. The smallest absolute Gasteiger partial charge is 0.279 e. The van der Waals surface area contributed by atoms with Crippen molar-refractivity contribution in [2.24, 2.45) is 0 Å². The number of aromatic nitrogens is 2. The Bertz CT molecular complexity index is 1050. The van der Waals surface area contributed by atoms with Gasteiger partial charge in [-0.15, -0.1) is 0 Å². The number of fused-ring (bicyclic) bond motifs is 3. The second-order valence-corrected chi connectivity index (χ2v) is 6.90. The van der Waals surface area contributed by atoms with Crippen molar-refractivity contribution in [1.29, 1.82) is 5.26 Å². The number of ether oxygens (including phenoxy) is 1. The molecule has 0 aliphatic carbocycles. The Morgan fingerprint density at radius 3 is 2.67 bits per heavy atom. The summed E-state index contributed by atoms with van der Waals surface area (Å²) in [5.41, 5.74) is 2.79. The quantitative estimate of drug-likeness (QED) is 0.679. The third-order valence-electron chi connectivity index (χ3n) is 4.40. The lowest BCUT2D eigenvalue weighted by Gasteiger charge is -2.28. The molecular weight excluding hydrogens is 324 g/mol. The van der Waals surface area contributed by atoms with Crippen LogP contribution in [0.1, 0.15) is 16.7 Å². The first-order valence-corrected chi connectivity index (χ1v) is 8.61. The van der Waals surface area contributed by atoms with E-state index in [0.717, 1.165) is 21.3 Å². The zero-order valence-electron chi connectivity index (χ0n) is 13.5. The van der Waals surface area contributed by atoms with Gasteiger partial charge in [0.25, 0.3) is 5.56 Å². The highest BCUT2D eigenvalue weighted by Crippen LogP contribution is 2.31. The van der Waals surface area contributed by atoms with Crippen molar-refractivity contribution in [3.05, 3.63) is 39.2 Å². The molecule has 3 heterocycles. The van der Waals surface area contributed by atoms with E-state index in [0.29, 0.717) is 37.1 Å². The molecule has 1 saturated heterocycles. The summed E-state index contributed by atoms with van der Waals surface area (Å²) in [6.07, 6.45) is 0. The molecule has 6 nitrogen and oxygen atoms in total. The molecule has 1 aliphatic rings.